The maximum absolute atomic E-state index is 10.2. The molecule has 0 heterocycles. The van der Waals surface area contributed by atoms with Crippen LogP contribution in [0, 0.1) is 5.92 Å². The van der Waals surface area contributed by atoms with Gasteiger partial charge in [-0.25, -0.2) is 9.90 Å². The van der Waals surface area contributed by atoms with Crippen LogP contribution >= 0.6 is 0 Å². The van der Waals surface area contributed by atoms with Gasteiger partial charge in [0.05, 0.1) is 5.92 Å². The summed E-state index contributed by atoms with van der Waals surface area (Å²) in [5.74, 6) is -1.49. The molecular formula is C7H11O2. The molecule has 0 aliphatic carbocycles. The summed E-state index contributed by atoms with van der Waals surface area (Å²) in [6.45, 7) is 7.03. The van der Waals surface area contributed by atoms with Crippen molar-refractivity contribution in [3.8, 4) is 0 Å². The van der Waals surface area contributed by atoms with Gasteiger partial charge in [-0.1, -0.05) is 19.1 Å². The minimum atomic E-state index is -1.02. The molecule has 0 aromatic carbocycles. The molecule has 0 amide bonds. The van der Waals surface area contributed by atoms with Crippen molar-refractivity contribution in [3.63, 3.8) is 0 Å². The van der Waals surface area contributed by atoms with Gasteiger partial charge in [0.1, 0.15) is 0 Å². The highest BCUT2D eigenvalue weighted by atomic mass is 16.4. The molecule has 0 N–H and O–H groups in total. The van der Waals surface area contributed by atoms with Gasteiger partial charge in [-0.2, -0.15) is 0 Å². The first-order valence-electron chi connectivity index (χ1n) is 2.95. The van der Waals surface area contributed by atoms with Crippen LogP contribution in [-0.2, 0) is 9.90 Å². The van der Waals surface area contributed by atoms with Crippen molar-refractivity contribution >= 4 is 5.97 Å². The van der Waals surface area contributed by atoms with Crippen molar-refractivity contribution in [2.24, 2.45) is 5.92 Å². The van der Waals surface area contributed by atoms with Crippen LogP contribution in [0.4, 0.5) is 0 Å². The quantitative estimate of drug-likeness (QED) is 0.530. The molecule has 0 saturated heterocycles. The van der Waals surface area contributed by atoms with Gasteiger partial charge >= 0.3 is 5.97 Å². The number of rotatable bonds is 3. The molecule has 2 nitrogen and oxygen atoms in total. The summed E-state index contributed by atoms with van der Waals surface area (Å²) in [5.41, 5.74) is 0.664. The van der Waals surface area contributed by atoms with E-state index in [4.69, 9.17) is 0 Å². The average Bonchev–Trinajstić information content (AvgIpc) is 1.64. The summed E-state index contributed by atoms with van der Waals surface area (Å²) in [6.07, 6.45) is 0.567. The van der Waals surface area contributed by atoms with Crippen LogP contribution in [0.1, 0.15) is 20.3 Å². The number of carbonyl (C=O) groups is 1. The first-order valence-corrected chi connectivity index (χ1v) is 2.95. The number of hydrogen-bond donors (Lipinski definition) is 0. The Morgan fingerprint density at radius 2 is 2.11 bits per heavy atom. The molecule has 0 aliphatic heterocycles. The van der Waals surface area contributed by atoms with Gasteiger partial charge in [0.25, 0.3) is 0 Å². The molecule has 9 heavy (non-hydrogen) atoms. The zero-order chi connectivity index (χ0) is 7.44. The standard InChI is InChI=1S/C7H11O2/c1-4-6(5(2)3)7(8)9/h6H,2,4H2,1,3H3. The third-order valence-corrected chi connectivity index (χ3v) is 1.29. The molecule has 0 aromatic heterocycles. The molecule has 2 heteroatoms. The highest BCUT2D eigenvalue weighted by molar-refractivity contribution is 5.72. The lowest BCUT2D eigenvalue weighted by atomic mass is 10.00. The van der Waals surface area contributed by atoms with E-state index in [0.717, 1.165) is 0 Å². The van der Waals surface area contributed by atoms with Gasteiger partial charge in [0, 0.05) is 0 Å². The molecule has 0 spiro atoms. The second-order valence-electron chi connectivity index (χ2n) is 2.13. The summed E-state index contributed by atoms with van der Waals surface area (Å²) in [4.78, 5) is 10.2. The molecule has 0 rings (SSSR count). The van der Waals surface area contributed by atoms with Crippen molar-refractivity contribution < 1.29 is 9.90 Å². The van der Waals surface area contributed by atoms with Crippen molar-refractivity contribution in [2.75, 3.05) is 0 Å². The van der Waals surface area contributed by atoms with E-state index in [2.05, 4.69) is 6.58 Å². The van der Waals surface area contributed by atoms with Crippen LogP contribution in [-0.4, -0.2) is 5.97 Å². The molecule has 1 radical (unpaired) electrons. The largest absolute Gasteiger partial charge is 0.362 e. The highest BCUT2D eigenvalue weighted by Gasteiger charge is 2.16. The smallest absolute Gasteiger partial charge is 0.247 e. The summed E-state index contributed by atoms with van der Waals surface area (Å²) in [5, 5.41) is 10.2. The van der Waals surface area contributed by atoms with Crippen molar-refractivity contribution in [1.29, 1.82) is 0 Å². The second-order valence-corrected chi connectivity index (χ2v) is 2.13. The van der Waals surface area contributed by atoms with Gasteiger partial charge in [0.15, 0.2) is 0 Å². The second kappa shape index (κ2) is 3.28. The van der Waals surface area contributed by atoms with Crippen molar-refractivity contribution in [2.45, 2.75) is 20.3 Å². The maximum atomic E-state index is 10.2. The van der Waals surface area contributed by atoms with Gasteiger partial charge in [-0.3, -0.25) is 0 Å². The van der Waals surface area contributed by atoms with Crippen LogP contribution in [0.15, 0.2) is 12.2 Å². The fourth-order valence-electron chi connectivity index (χ4n) is 0.716. The summed E-state index contributed by atoms with van der Waals surface area (Å²) in [6, 6.07) is 0. The minimum Gasteiger partial charge on any atom is -0.247 e. The van der Waals surface area contributed by atoms with Crippen LogP contribution in [0.3, 0.4) is 0 Å². The van der Waals surface area contributed by atoms with Crippen LogP contribution in [0.2, 0.25) is 0 Å². The van der Waals surface area contributed by atoms with Gasteiger partial charge in [-0.05, 0) is 13.3 Å². The van der Waals surface area contributed by atoms with Gasteiger partial charge < -0.3 is 0 Å². The van der Waals surface area contributed by atoms with E-state index in [1.807, 2.05) is 0 Å². The van der Waals surface area contributed by atoms with Crippen LogP contribution < -0.4 is 0 Å². The average molecular weight is 127 g/mol. The first kappa shape index (κ1) is 8.21. The van der Waals surface area contributed by atoms with Crippen LogP contribution in [0.5, 0.6) is 0 Å². The van der Waals surface area contributed by atoms with Crippen LogP contribution in [0.25, 0.3) is 0 Å². The molecule has 0 aromatic rings. The van der Waals surface area contributed by atoms with E-state index in [9.17, 15) is 9.90 Å². The molecule has 0 bridgehead atoms. The number of carbonyl (C=O) groups excluding carboxylic acids is 1. The fraction of sp³-hybridized carbons (Fsp3) is 0.571. The predicted octanol–water partition coefficient (Wildman–Crippen LogP) is 1.55. The van der Waals surface area contributed by atoms with Gasteiger partial charge in [-0.15, -0.1) is 0 Å². The highest BCUT2D eigenvalue weighted by Crippen LogP contribution is 2.11. The van der Waals surface area contributed by atoms with E-state index in [1.165, 1.54) is 0 Å². The Morgan fingerprint density at radius 1 is 1.67 bits per heavy atom. The Kier molecular flexibility index (Phi) is 2.99. The first-order chi connectivity index (χ1) is 4.09. The monoisotopic (exact) mass is 127 g/mol. The van der Waals surface area contributed by atoms with E-state index >= 15 is 0 Å². The molecule has 0 saturated carbocycles. The van der Waals surface area contributed by atoms with E-state index in [-0.39, 0.29) is 0 Å². The summed E-state index contributed by atoms with van der Waals surface area (Å²) >= 11 is 0. The summed E-state index contributed by atoms with van der Waals surface area (Å²) < 4.78 is 0. The third kappa shape index (κ3) is 2.31. The maximum Gasteiger partial charge on any atom is 0.362 e. The van der Waals surface area contributed by atoms with Crippen molar-refractivity contribution in [1.82, 2.24) is 0 Å². The lowest BCUT2D eigenvalue weighted by Gasteiger charge is -2.04. The molecular weight excluding hydrogens is 116 g/mol. The Morgan fingerprint density at radius 3 is 2.11 bits per heavy atom. The molecule has 1 unspecified atom stereocenters. The van der Waals surface area contributed by atoms with Crippen molar-refractivity contribution in [3.05, 3.63) is 12.2 Å². The number of hydrogen-bond acceptors (Lipinski definition) is 1. The minimum absolute atomic E-state index is 0.468. The zero-order valence-electron chi connectivity index (χ0n) is 5.81. The Bertz CT molecular complexity index is 113. The molecule has 0 fully saturated rings. The normalized spacial score (nSPS) is 12.7. The Labute approximate surface area is 55.2 Å². The summed E-state index contributed by atoms with van der Waals surface area (Å²) in [7, 11) is 0. The third-order valence-electron chi connectivity index (χ3n) is 1.29. The Hall–Kier alpha value is -0.790. The zero-order valence-corrected chi connectivity index (χ0v) is 5.81. The van der Waals surface area contributed by atoms with Gasteiger partial charge in [0.2, 0.25) is 0 Å². The fourth-order valence-corrected chi connectivity index (χ4v) is 0.716. The Balaban J connectivity index is 3.99. The topological polar surface area (TPSA) is 37.0 Å². The lowest BCUT2D eigenvalue weighted by molar-refractivity contribution is -0.146. The molecule has 0 aliphatic rings. The predicted molar refractivity (Wildman–Crippen MR) is 34.3 cm³/mol. The molecule has 1 atom stereocenters. The van der Waals surface area contributed by atoms with E-state index in [0.29, 0.717) is 12.0 Å². The van der Waals surface area contributed by atoms with E-state index in [1.54, 1.807) is 13.8 Å². The molecule has 51 valence electrons. The lowest BCUT2D eigenvalue weighted by Crippen LogP contribution is -2.11. The SMILES string of the molecule is C=C(C)C(CC)C([O])=O. The van der Waals surface area contributed by atoms with E-state index < -0.39 is 11.9 Å².